The number of para-hydroxylation sites is 1. The van der Waals surface area contributed by atoms with Gasteiger partial charge in [-0.15, -0.1) is 0 Å². The number of thioether (sulfide) groups is 1. The first-order valence-corrected chi connectivity index (χ1v) is 10.3. The normalized spacial score (nSPS) is 16.3. The molecule has 0 unspecified atom stereocenters. The number of thiocarbonyl (C=S) groups is 1. The minimum absolute atomic E-state index is 0.114. The lowest BCUT2D eigenvalue weighted by Gasteiger charge is -2.16. The largest absolute Gasteiger partial charge is 0.506 e. The number of amides is 1. The van der Waals surface area contributed by atoms with Crippen molar-refractivity contribution < 1.29 is 9.90 Å². The van der Waals surface area contributed by atoms with Crippen LogP contribution in [-0.4, -0.2) is 15.3 Å². The lowest BCUT2D eigenvalue weighted by Crippen LogP contribution is -2.28. The van der Waals surface area contributed by atoms with E-state index in [1.165, 1.54) is 11.8 Å². The molecule has 1 amide bonds. The Kier molecular flexibility index (Phi) is 5.52. The van der Waals surface area contributed by atoms with E-state index in [9.17, 15) is 9.90 Å². The van der Waals surface area contributed by atoms with E-state index in [-0.39, 0.29) is 11.7 Å². The molecule has 1 fully saturated rings. The minimum atomic E-state index is -0.114. The van der Waals surface area contributed by atoms with Gasteiger partial charge in [0.15, 0.2) is 4.32 Å². The van der Waals surface area contributed by atoms with Gasteiger partial charge in [0.25, 0.3) is 5.91 Å². The van der Waals surface area contributed by atoms with E-state index >= 15 is 0 Å². The van der Waals surface area contributed by atoms with Gasteiger partial charge in [-0.3, -0.25) is 9.69 Å². The number of halogens is 2. The maximum Gasteiger partial charge on any atom is 0.270 e. The van der Waals surface area contributed by atoms with E-state index in [1.54, 1.807) is 4.90 Å². The summed E-state index contributed by atoms with van der Waals surface area (Å²) in [7, 11) is 0. The van der Waals surface area contributed by atoms with Gasteiger partial charge in [0.2, 0.25) is 0 Å². The second-order valence-corrected chi connectivity index (χ2v) is 9.14. The van der Waals surface area contributed by atoms with Crippen LogP contribution in [0, 0.1) is 14.1 Å². The predicted octanol–water partition coefficient (Wildman–Crippen LogP) is 5.32. The number of anilines is 1. The van der Waals surface area contributed by atoms with E-state index in [0.29, 0.717) is 9.23 Å². The van der Waals surface area contributed by atoms with Crippen LogP contribution in [-0.2, 0) is 4.79 Å². The van der Waals surface area contributed by atoms with Gasteiger partial charge in [-0.25, -0.2) is 0 Å². The van der Waals surface area contributed by atoms with Crippen LogP contribution in [0.1, 0.15) is 11.1 Å². The Bertz CT molecular complexity index is 873. The molecule has 0 radical (unpaired) electrons. The molecule has 0 saturated carbocycles. The second-order valence-electron chi connectivity index (χ2n) is 5.14. The van der Waals surface area contributed by atoms with Crippen molar-refractivity contribution in [1.29, 1.82) is 0 Å². The number of carbonyl (C=O) groups excluding carboxylic acids is 1. The predicted molar refractivity (Wildman–Crippen MR) is 120 cm³/mol. The van der Waals surface area contributed by atoms with Crippen LogP contribution < -0.4 is 4.90 Å². The Morgan fingerprint density at radius 3 is 2.46 bits per heavy atom. The summed E-state index contributed by atoms with van der Waals surface area (Å²) in [6, 6.07) is 11.4. The molecule has 3 nitrogen and oxygen atoms in total. The SMILES string of the molecule is Cc1ccccc1N1C(=O)/C(=C\c2cc(I)c(O)c(I)c2)SC1=S. The number of hydrogen-bond acceptors (Lipinski definition) is 4. The Balaban J connectivity index is 1.99. The van der Waals surface area contributed by atoms with E-state index in [4.69, 9.17) is 12.2 Å². The zero-order valence-electron chi connectivity index (χ0n) is 12.4. The highest BCUT2D eigenvalue weighted by molar-refractivity contribution is 14.1. The fourth-order valence-corrected chi connectivity index (χ4v) is 5.41. The number of rotatable bonds is 2. The molecule has 2 aromatic carbocycles. The average Bonchev–Trinajstić information content (AvgIpc) is 2.80. The molecule has 0 aliphatic carbocycles. The molecule has 1 N–H and O–H groups in total. The summed E-state index contributed by atoms with van der Waals surface area (Å²) in [5.41, 5.74) is 2.69. The fraction of sp³-hybridized carbons (Fsp3) is 0.0588. The first-order valence-electron chi connectivity index (χ1n) is 6.90. The highest BCUT2D eigenvalue weighted by Crippen LogP contribution is 2.38. The summed E-state index contributed by atoms with van der Waals surface area (Å²) in [5, 5.41) is 9.87. The second kappa shape index (κ2) is 7.30. The number of phenolic OH excluding ortho intramolecular Hbond substituents is 1. The van der Waals surface area contributed by atoms with Gasteiger partial charge in [0.1, 0.15) is 5.75 Å². The highest BCUT2D eigenvalue weighted by Gasteiger charge is 2.33. The molecule has 1 aliphatic heterocycles. The molecule has 0 bridgehead atoms. The molecule has 1 heterocycles. The highest BCUT2D eigenvalue weighted by atomic mass is 127. The van der Waals surface area contributed by atoms with Gasteiger partial charge in [-0.1, -0.05) is 42.2 Å². The van der Waals surface area contributed by atoms with Gasteiger partial charge < -0.3 is 5.11 Å². The fourth-order valence-electron chi connectivity index (χ4n) is 2.31. The zero-order valence-corrected chi connectivity index (χ0v) is 18.4. The number of phenols is 1. The van der Waals surface area contributed by atoms with Crippen LogP contribution in [0.15, 0.2) is 41.3 Å². The molecule has 0 spiro atoms. The molecular formula is C17H11I2NO2S2. The van der Waals surface area contributed by atoms with E-state index in [1.807, 2.05) is 49.4 Å². The van der Waals surface area contributed by atoms with Crippen LogP contribution in [0.4, 0.5) is 5.69 Å². The minimum Gasteiger partial charge on any atom is -0.506 e. The van der Waals surface area contributed by atoms with Gasteiger partial charge in [0, 0.05) is 0 Å². The van der Waals surface area contributed by atoms with Crippen LogP contribution in [0.3, 0.4) is 0 Å². The number of carbonyl (C=O) groups is 1. The molecule has 122 valence electrons. The molecule has 1 aliphatic rings. The van der Waals surface area contributed by atoms with Crippen molar-refractivity contribution in [2.45, 2.75) is 6.92 Å². The maximum atomic E-state index is 12.8. The summed E-state index contributed by atoms with van der Waals surface area (Å²) in [6.07, 6.45) is 1.82. The van der Waals surface area contributed by atoms with Crippen LogP contribution >= 0.6 is 69.2 Å². The Labute approximate surface area is 176 Å². The summed E-state index contributed by atoms with van der Waals surface area (Å²) in [6.45, 7) is 1.96. The molecule has 3 rings (SSSR count). The molecule has 1 saturated heterocycles. The standard InChI is InChI=1S/C17H11I2NO2S2/c1-9-4-2-3-5-13(9)20-16(22)14(24-17(20)23)8-10-6-11(18)15(21)12(19)7-10/h2-8,21H,1H3/b14-8+. The number of aryl methyl sites for hydroxylation is 1. The third-order valence-corrected chi connectivity index (χ3v) is 6.43. The van der Waals surface area contributed by atoms with Gasteiger partial charge >= 0.3 is 0 Å². The van der Waals surface area contributed by atoms with E-state index < -0.39 is 0 Å². The van der Waals surface area contributed by atoms with Crippen molar-refractivity contribution in [3.8, 4) is 5.75 Å². The van der Waals surface area contributed by atoms with Crippen molar-refractivity contribution in [2.24, 2.45) is 0 Å². The average molecular weight is 579 g/mol. The summed E-state index contributed by atoms with van der Waals surface area (Å²) < 4.78 is 2.03. The first kappa shape index (κ1) is 18.2. The Hall–Kier alpha value is -0.650. The molecule has 0 aromatic heterocycles. The van der Waals surface area contributed by atoms with Crippen molar-refractivity contribution in [3.63, 3.8) is 0 Å². The van der Waals surface area contributed by atoms with Crippen molar-refractivity contribution in [2.75, 3.05) is 4.90 Å². The number of aromatic hydroxyl groups is 1. The van der Waals surface area contributed by atoms with E-state index in [2.05, 4.69) is 45.2 Å². The topological polar surface area (TPSA) is 40.5 Å². The monoisotopic (exact) mass is 579 g/mol. The lowest BCUT2D eigenvalue weighted by molar-refractivity contribution is -0.113. The van der Waals surface area contributed by atoms with Crippen LogP contribution in [0.25, 0.3) is 6.08 Å². The Morgan fingerprint density at radius 1 is 1.21 bits per heavy atom. The molecule has 2 aromatic rings. The van der Waals surface area contributed by atoms with Gasteiger partial charge in [-0.05, 0) is 87.5 Å². The third kappa shape index (κ3) is 3.49. The van der Waals surface area contributed by atoms with Gasteiger partial charge in [-0.2, -0.15) is 0 Å². The number of hydrogen-bond donors (Lipinski definition) is 1. The van der Waals surface area contributed by atoms with Crippen molar-refractivity contribution in [3.05, 3.63) is 59.6 Å². The van der Waals surface area contributed by atoms with Gasteiger partial charge in [0.05, 0.1) is 17.7 Å². The third-order valence-electron chi connectivity index (χ3n) is 3.49. The smallest absolute Gasteiger partial charge is 0.270 e. The quantitative estimate of drug-likeness (QED) is 0.298. The summed E-state index contributed by atoms with van der Waals surface area (Å²) in [4.78, 5) is 15.0. The molecular weight excluding hydrogens is 568 g/mol. The van der Waals surface area contributed by atoms with Crippen LogP contribution in [0.5, 0.6) is 5.75 Å². The van der Waals surface area contributed by atoms with Crippen molar-refractivity contribution >= 4 is 91.2 Å². The number of benzene rings is 2. The lowest BCUT2D eigenvalue weighted by atomic mass is 10.1. The maximum absolute atomic E-state index is 12.8. The zero-order chi connectivity index (χ0) is 17.4. The summed E-state index contributed by atoms with van der Waals surface area (Å²) >= 11 is 10.9. The molecule has 24 heavy (non-hydrogen) atoms. The van der Waals surface area contributed by atoms with Crippen LogP contribution in [0.2, 0.25) is 0 Å². The summed E-state index contributed by atoms with van der Waals surface area (Å²) in [5.74, 6) is 0.151. The van der Waals surface area contributed by atoms with E-state index in [0.717, 1.165) is 24.0 Å². The first-order chi connectivity index (χ1) is 11.4. The Morgan fingerprint density at radius 2 is 1.83 bits per heavy atom. The molecule has 7 heteroatoms. The number of nitrogens with zero attached hydrogens (tertiary/aromatic N) is 1. The molecule has 0 atom stereocenters. The van der Waals surface area contributed by atoms with Crippen molar-refractivity contribution in [1.82, 2.24) is 0 Å².